The van der Waals surface area contributed by atoms with E-state index in [1.807, 2.05) is 32.0 Å². The molecule has 0 aromatic heterocycles. The van der Waals surface area contributed by atoms with Crippen LogP contribution in [0.2, 0.25) is 0 Å². The van der Waals surface area contributed by atoms with E-state index < -0.39 is 11.9 Å². The number of hydrogen-bond donors (Lipinski definition) is 1. The van der Waals surface area contributed by atoms with Gasteiger partial charge in [0.15, 0.2) is 11.5 Å². The van der Waals surface area contributed by atoms with Crippen molar-refractivity contribution in [3.63, 3.8) is 0 Å². The number of carbonyl (C=O) groups is 2. The van der Waals surface area contributed by atoms with Crippen LogP contribution < -0.4 is 14.8 Å². The molecule has 1 heterocycles. The van der Waals surface area contributed by atoms with Gasteiger partial charge in [0, 0.05) is 25.1 Å². The van der Waals surface area contributed by atoms with Crippen molar-refractivity contribution in [2.75, 3.05) is 19.8 Å². The molecule has 0 aliphatic carbocycles. The summed E-state index contributed by atoms with van der Waals surface area (Å²) in [6.45, 7) is 7.24. The molecule has 0 unspecified atom stereocenters. The summed E-state index contributed by atoms with van der Waals surface area (Å²) in [5, 5.41) is 2.87. The number of halogens is 1. The molecule has 2 aromatic rings. The molecule has 32 heavy (non-hydrogen) atoms. The van der Waals surface area contributed by atoms with Gasteiger partial charge in [-0.1, -0.05) is 38.1 Å². The lowest BCUT2D eigenvalue weighted by Crippen LogP contribution is -2.48. The molecular formula is C25H31FN2O4. The molecule has 1 aliphatic heterocycles. The van der Waals surface area contributed by atoms with E-state index in [1.54, 1.807) is 25.1 Å². The van der Waals surface area contributed by atoms with Crippen LogP contribution in [-0.2, 0) is 22.6 Å². The molecule has 3 rings (SSSR count). The van der Waals surface area contributed by atoms with Crippen molar-refractivity contribution in [3.05, 3.63) is 59.4 Å². The summed E-state index contributed by atoms with van der Waals surface area (Å²) in [4.78, 5) is 27.3. The van der Waals surface area contributed by atoms with Crippen LogP contribution in [0.25, 0.3) is 0 Å². The maximum Gasteiger partial charge on any atom is 0.242 e. The highest BCUT2D eigenvalue weighted by molar-refractivity contribution is 5.87. The first-order valence-electron chi connectivity index (χ1n) is 11.0. The van der Waals surface area contributed by atoms with Crippen molar-refractivity contribution in [2.24, 2.45) is 5.92 Å². The SMILES string of the molecule is CC(C)CNC(=O)[C@H](C)N(Cc1ccccc1F)C(=O)CCc1ccc2c(c1)OCCO2. The Morgan fingerprint density at radius 3 is 2.50 bits per heavy atom. The second-order valence-corrected chi connectivity index (χ2v) is 8.41. The van der Waals surface area contributed by atoms with Gasteiger partial charge >= 0.3 is 0 Å². The van der Waals surface area contributed by atoms with Crippen LogP contribution in [0.3, 0.4) is 0 Å². The fourth-order valence-electron chi connectivity index (χ4n) is 3.48. The summed E-state index contributed by atoms with van der Waals surface area (Å²) in [5.74, 6) is 0.802. The standard InChI is InChI=1S/C25H31FN2O4/c1-17(2)15-27-25(30)18(3)28(16-20-6-4-5-7-21(20)26)24(29)11-9-19-8-10-22-23(14-19)32-13-12-31-22/h4-8,10,14,17-18H,9,11-13,15-16H2,1-3H3,(H,27,30)/t18-/m0/s1. The number of nitrogens with zero attached hydrogens (tertiary/aromatic N) is 1. The molecule has 172 valence electrons. The van der Waals surface area contributed by atoms with Gasteiger partial charge in [-0.2, -0.15) is 0 Å². The summed E-state index contributed by atoms with van der Waals surface area (Å²) in [6.07, 6.45) is 0.666. The largest absolute Gasteiger partial charge is 0.486 e. The third-order valence-corrected chi connectivity index (χ3v) is 5.38. The molecule has 1 N–H and O–H groups in total. The van der Waals surface area contributed by atoms with Crippen LogP contribution in [0.15, 0.2) is 42.5 Å². The monoisotopic (exact) mass is 442 g/mol. The number of hydrogen-bond acceptors (Lipinski definition) is 4. The van der Waals surface area contributed by atoms with E-state index in [-0.39, 0.29) is 30.7 Å². The van der Waals surface area contributed by atoms with Crippen molar-refractivity contribution in [2.45, 2.75) is 46.2 Å². The van der Waals surface area contributed by atoms with E-state index >= 15 is 0 Å². The van der Waals surface area contributed by atoms with E-state index in [4.69, 9.17) is 9.47 Å². The van der Waals surface area contributed by atoms with Gasteiger partial charge < -0.3 is 19.7 Å². The fraction of sp³-hybridized carbons (Fsp3) is 0.440. The van der Waals surface area contributed by atoms with Gasteiger partial charge in [-0.05, 0) is 43.0 Å². The zero-order chi connectivity index (χ0) is 23.1. The van der Waals surface area contributed by atoms with Crippen molar-refractivity contribution >= 4 is 11.8 Å². The van der Waals surface area contributed by atoms with E-state index in [0.717, 1.165) is 5.56 Å². The minimum Gasteiger partial charge on any atom is -0.486 e. The Labute approximate surface area is 188 Å². The summed E-state index contributed by atoms with van der Waals surface area (Å²) in [6, 6.07) is 11.2. The highest BCUT2D eigenvalue weighted by Gasteiger charge is 2.27. The topological polar surface area (TPSA) is 67.9 Å². The molecule has 1 atom stereocenters. The van der Waals surface area contributed by atoms with Gasteiger partial charge in [-0.25, -0.2) is 4.39 Å². The number of aryl methyl sites for hydroxylation is 1. The van der Waals surface area contributed by atoms with Crippen LogP contribution in [-0.4, -0.2) is 42.5 Å². The molecule has 0 spiro atoms. The number of fused-ring (bicyclic) bond motifs is 1. The maximum atomic E-state index is 14.3. The zero-order valence-corrected chi connectivity index (χ0v) is 18.9. The molecule has 0 fully saturated rings. The molecule has 2 amide bonds. The van der Waals surface area contributed by atoms with E-state index in [9.17, 15) is 14.0 Å². The average molecular weight is 443 g/mol. The first kappa shape index (κ1) is 23.6. The van der Waals surface area contributed by atoms with Gasteiger partial charge in [0.25, 0.3) is 0 Å². The Balaban J connectivity index is 1.71. The lowest BCUT2D eigenvalue weighted by atomic mass is 10.1. The number of nitrogens with one attached hydrogen (secondary N) is 1. The van der Waals surface area contributed by atoms with Crippen molar-refractivity contribution in [1.29, 1.82) is 0 Å². The van der Waals surface area contributed by atoms with E-state index in [2.05, 4.69) is 5.32 Å². The third kappa shape index (κ3) is 6.22. The molecule has 0 radical (unpaired) electrons. The first-order valence-corrected chi connectivity index (χ1v) is 11.0. The summed E-state index contributed by atoms with van der Waals surface area (Å²) in [7, 11) is 0. The molecule has 0 saturated heterocycles. The highest BCUT2D eigenvalue weighted by atomic mass is 19.1. The number of benzene rings is 2. The minimum absolute atomic E-state index is 0.0307. The zero-order valence-electron chi connectivity index (χ0n) is 18.9. The summed E-state index contributed by atoms with van der Waals surface area (Å²) in [5.41, 5.74) is 1.31. The quantitative estimate of drug-likeness (QED) is 0.643. The summed E-state index contributed by atoms with van der Waals surface area (Å²) >= 11 is 0. The number of carbonyl (C=O) groups excluding carboxylic acids is 2. The van der Waals surface area contributed by atoms with Crippen LogP contribution in [0.5, 0.6) is 11.5 Å². The van der Waals surface area contributed by atoms with Gasteiger partial charge in [-0.3, -0.25) is 9.59 Å². The molecule has 7 heteroatoms. The smallest absolute Gasteiger partial charge is 0.242 e. The molecule has 2 aromatic carbocycles. The fourth-order valence-corrected chi connectivity index (χ4v) is 3.48. The Kier molecular flexibility index (Phi) is 8.09. The number of amides is 2. The Bertz CT molecular complexity index is 947. The minimum atomic E-state index is -0.721. The van der Waals surface area contributed by atoms with Crippen LogP contribution in [0.4, 0.5) is 4.39 Å². The number of rotatable bonds is 9. The van der Waals surface area contributed by atoms with Crippen molar-refractivity contribution < 1.29 is 23.5 Å². The summed E-state index contributed by atoms with van der Waals surface area (Å²) < 4.78 is 25.4. The number of ether oxygens (including phenoxy) is 2. The highest BCUT2D eigenvalue weighted by Crippen LogP contribution is 2.31. The normalized spacial score (nSPS) is 13.5. The second kappa shape index (κ2) is 11.0. The Morgan fingerprint density at radius 1 is 1.06 bits per heavy atom. The van der Waals surface area contributed by atoms with Crippen molar-refractivity contribution in [3.8, 4) is 11.5 Å². The first-order chi connectivity index (χ1) is 15.3. The van der Waals surface area contributed by atoms with Crippen LogP contribution >= 0.6 is 0 Å². The van der Waals surface area contributed by atoms with E-state index in [1.165, 1.54) is 11.0 Å². The third-order valence-electron chi connectivity index (χ3n) is 5.38. The maximum absolute atomic E-state index is 14.3. The van der Waals surface area contributed by atoms with Crippen molar-refractivity contribution in [1.82, 2.24) is 10.2 Å². The second-order valence-electron chi connectivity index (χ2n) is 8.41. The Morgan fingerprint density at radius 2 is 1.78 bits per heavy atom. The lowest BCUT2D eigenvalue weighted by Gasteiger charge is -2.29. The molecule has 0 saturated carbocycles. The van der Waals surface area contributed by atoms with Gasteiger partial charge in [0.05, 0.1) is 0 Å². The van der Waals surface area contributed by atoms with Gasteiger partial charge in [0.1, 0.15) is 25.1 Å². The molecule has 6 nitrogen and oxygen atoms in total. The van der Waals surface area contributed by atoms with Crippen LogP contribution in [0.1, 0.15) is 38.3 Å². The van der Waals surface area contributed by atoms with E-state index in [0.29, 0.717) is 43.2 Å². The Hall–Kier alpha value is -3.09. The lowest BCUT2D eigenvalue weighted by molar-refractivity contribution is -0.140. The average Bonchev–Trinajstić information content (AvgIpc) is 2.79. The van der Waals surface area contributed by atoms with Crippen LogP contribution in [0, 0.1) is 11.7 Å². The molecule has 0 bridgehead atoms. The van der Waals surface area contributed by atoms with Gasteiger partial charge in [-0.15, -0.1) is 0 Å². The predicted octanol–water partition coefficient (Wildman–Crippen LogP) is 3.72. The predicted molar refractivity (Wildman–Crippen MR) is 120 cm³/mol. The molecular weight excluding hydrogens is 411 g/mol. The molecule has 1 aliphatic rings. The van der Waals surface area contributed by atoms with Gasteiger partial charge in [0.2, 0.25) is 11.8 Å².